The van der Waals surface area contributed by atoms with Crippen LogP contribution in [-0.2, 0) is 14.8 Å². The molecule has 1 aliphatic rings. The van der Waals surface area contributed by atoms with Crippen LogP contribution in [0.5, 0.6) is 0 Å². The first-order valence-corrected chi connectivity index (χ1v) is 12.5. The number of carbonyl (C=O) groups is 1. The SMILES string of the molecule is CC(C)c1cc(C(=O)Nc2ccc(S(=O)(=O)N3CCOCC3)cc2)c2cnn(C(C)C)c2n1. The smallest absolute Gasteiger partial charge is 0.256 e. The van der Waals surface area contributed by atoms with E-state index in [1.54, 1.807) is 24.4 Å². The Morgan fingerprint density at radius 1 is 1.09 bits per heavy atom. The van der Waals surface area contributed by atoms with E-state index < -0.39 is 10.0 Å². The van der Waals surface area contributed by atoms with E-state index in [0.29, 0.717) is 48.6 Å². The second-order valence-electron chi connectivity index (χ2n) is 8.66. The van der Waals surface area contributed by atoms with Gasteiger partial charge in [0.2, 0.25) is 10.0 Å². The molecule has 9 nitrogen and oxygen atoms in total. The number of amides is 1. The number of ether oxygens (including phenoxy) is 1. The lowest BCUT2D eigenvalue weighted by Gasteiger charge is -2.26. The number of nitrogens with zero attached hydrogens (tertiary/aromatic N) is 4. The molecule has 1 N–H and O–H groups in total. The van der Waals surface area contributed by atoms with Gasteiger partial charge in [0, 0.05) is 30.5 Å². The van der Waals surface area contributed by atoms with Crippen molar-refractivity contribution in [2.45, 2.75) is 44.6 Å². The van der Waals surface area contributed by atoms with Crippen LogP contribution in [0, 0.1) is 0 Å². The van der Waals surface area contributed by atoms with Crippen molar-refractivity contribution >= 4 is 32.7 Å². The molecular weight excluding hydrogens is 442 g/mol. The Morgan fingerprint density at radius 3 is 2.36 bits per heavy atom. The molecule has 0 spiro atoms. The standard InChI is InChI=1S/C23H29N5O4S/c1-15(2)21-13-19(20-14-24-28(16(3)4)22(20)26-21)23(29)25-17-5-7-18(8-6-17)33(30,31)27-9-11-32-12-10-27/h5-8,13-16H,9-12H2,1-4H3,(H,25,29). The number of morpholine rings is 1. The van der Waals surface area contributed by atoms with Gasteiger partial charge in [0.1, 0.15) is 0 Å². The second kappa shape index (κ2) is 9.20. The van der Waals surface area contributed by atoms with Gasteiger partial charge in [-0.3, -0.25) is 4.79 Å². The fourth-order valence-corrected chi connectivity index (χ4v) is 5.15. The Bertz CT molecular complexity index is 1260. The molecule has 0 radical (unpaired) electrons. The Hall–Kier alpha value is -2.82. The Labute approximate surface area is 193 Å². The Balaban J connectivity index is 1.61. The Kier molecular flexibility index (Phi) is 6.51. The summed E-state index contributed by atoms with van der Waals surface area (Å²) in [6.45, 7) is 9.53. The third-order valence-electron chi connectivity index (χ3n) is 5.63. The summed E-state index contributed by atoms with van der Waals surface area (Å²) in [4.78, 5) is 18.1. The monoisotopic (exact) mass is 471 g/mol. The molecule has 2 aromatic heterocycles. The maximum Gasteiger partial charge on any atom is 0.256 e. The van der Waals surface area contributed by atoms with Crippen LogP contribution in [0.1, 0.15) is 55.7 Å². The fraction of sp³-hybridized carbons (Fsp3) is 0.435. The number of fused-ring (bicyclic) bond motifs is 1. The molecule has 0 aliphatic carbocycles. The van der Waals surface area contributed by atoms with Gasteiger partial charge in [-0.1, -0.05) is 13.8 Å². The third kappa shape index (κ3) is 4.64. The zero-order valence-corrected chi connectivity index (χ0v) is 20.1. The van der Waals surface area contributed by atoms with Crippen molar-refractivity contribution < 1.29 is 17.9 Å². The number of hydrogen-bond acceptors (Lipinski definition) is 6. The van der Waals surface area contributed by atoms with Crippen molar-refractivity contribution in [2.75, 3.05) is 31.6 Å². The maximum atomic E-state index is 13.2. The summed E-state index contributed by atoms with van der Waals surface area (Å²) in [7, 11) is -3.59. The zero-order valence-electron chi connectivity index (χ0n) is 19.3. The maximum absolute atomic E-state index is 13.2. The van der Waals surface area contributed by atoms with Crippen LogP contribution >= 0.6 is 0 Å². The number of sulfonamides is 1. The van der Waals surface area contributed by atoms with E-state index in [1.165, 1.54) is 16.4 Å². The van der Waals surface area contributed by atoms with Gasteiger partial charge in [0.05, 0.1) is 35.3 Å². The minimum atomic E-state index is -3.59. The summed E-state index contributed by atoms with van der Waals surface area (Å²) in [6.07, 6.45) is 1.67. The highest BCUT2D eigenvalue weighted by Gasteiger charge is 2.26. The van der Waals surface area contributed by atoms with Crippen molar-refractivity contribution in [2.24, 2.45) is 0 Å². The van der Waals surface area contributed by atoms with Crippen LogP contribution in [0.3, 0.4) is 0 Å². The predicted molar refractivity (Wildman–Crippen MR) is 126 cm³/mol. The first kappa shape index (κ1) is 23.3. The number of hydrogen-bond donors (Lipinski definition) is 1. The highest BCUT2D eigenvalue weighted by molar-refractivity contribution is 7.89. The van der Waals surface area contributed by atoms with Gasteiger partial charge >= 0.3 is 0 Å². The van der Waals surface area contributed by atoms with Gasteiger partial charge in [-0.05, 0) is 50.1 Å². The topological polar surface area (TPSA) is 106 Å². The molecule has 3 heterocycles. The molecule has 1 aromatic carbocycles. The molecule has 176 valence electrons. The zero-order chi connectivity index (χ0) is 23.8. The summed E-state index contributed by atoms with van der Waals surface area (Å²) < 4.78 is 34.1. The molecule has 0 atom stereocenters. The van der Waals surface area contributed by atoms with Crippen molar-refractivity contribution in [1.29, 1.82) is 0 Å². The van der Waals surface area contributed by atoms with Gasteiger partial charge in [-0.25, -0.2) is 18.1 Å². The summed E-state index contributed by atoms with van der Waals surface area (Å²) >= 11 is 0. The number of nitrogens with one attached hydrogen (secondary N) is 1. The molecule has 0 unspecified atom stereocenters. The van der Waals surface area contributed by atoms with Crippen molar-refractivity contribution in [3.05, 3.63) is 47.8 Å². The van der Waals surface area contributed by atoms with Gasteiger partial charge in [0.15, 0.2) is 5.65 Å². The molecule has 1 fully saturated rings. The quantitative estimate of drug-likeness (QED) is 0.591. The average Bonchev–Trinajstić information content (AvgIpc) is 3.23. The van der Waals surface area contributed by atoms with E-state index in [1.807, 2.05) is 32.4 Å². The summed E-state index contributed by atoms with van der Waals surface area (Å²) in [5.74, 6) is -0.155. The average molecular weight is 472 g/mol. The van der Waals surface area contributed by atoms with Gasteiger partial charge in [-0.2, -0.15) is 9.40 Å². The number of pyridine rings is 1. The molecular formula is C23H29N5O4S. The number of carbonyl (C=O) groups excluding carboxylic acids is 1. The first-order valence-electron chi connectivity index (χ1n) is 11.1. The predicted octanol–water partition coefficient (Wildman–Crippen LogP) is 3.41. The molecule has 4 rings (SSSR count). The third-order valence-corrected chi connectivity index (χ3v) is 7.54. The Morgan fingerprint density at radius 2 is 1.76 bits per heavy atom. The molecule has 10 heteroatoms. The molecule has 0 saturated carbocycles. The van der Waals surface area contributed by atoms with Gasteiger partial charge in [0.25, 0.3) is 5.91 Å². The summed E-state index contributed by atoms with van der Waals surface area (Å²) in [6, 6.07) is 8.13. The normalized spacial score (nSPS) is 15.5. The summed E-state index contributed by atoms with van der Waals surface area (Å²) in [5, 5.41) is 7.98. The lowest BCUT2D eigenvalue weighted by molar-refractivity contribution is 0.0730. The van der Waals surface area contributed by atoms with E-state index in [4.69, 9.17) is 9.72 Å². The van der Waals surface area contributed by atoms with E-state index in [0.717, 1.165) is 5.69 Å². The molecule has 3 aromatic rings. The largest absolute Gasteiger partial charge is 0.379 e. The highest BCUT2D eigenvalue weighted by Crippen LogP contribution is 2.26. The van der Waals surface area contributed by atoms with Crippen LogP contribution < -0.4 is 5.32 Å². The van der Waals surface area contributed by atoms with Crippen LogP contribution in [-0.4, -0.2) is 59.7 Å². The number of rotatable bonds is 6. The van der Waals surface area contributed by atoms with Crippen molar-refractivity contribution in [3.63, 3.8) is 0 Å². The van der Waals surface area contributed by atoms with E-state index in [-0.39, 0.29) is 22.8 Å². The van der Waals surface area contributed by atoms with Crippen LogP contribution in [0.25, 0.3) is 11.0 Å². The first-order chi connectivity index (χ1) is 15.7. The minimum absolute atomic E-state index is 0.106. The molecule has 1 aliphatic heterocycles. The van der Waals surface area contributed by atoms with E-state index >= 15 is 0 Å². The van der Waals surface area contributed by atoms with Crippen LogP contribution in [0.2, 0.25) is 0 Å². The van der Waals surface area contributed by atoms with Crippen molar-refractivity contribution in [1.82, 2.24) is 19.1 Å². The molecule has 0 bridgehead atoms. The lowest BCUT2D eigenvalue weighted by Crippen LogP contribution is -2.40. The molecule has 1 saturated heterocycles. The molecule has 1 amide bonds. The van der Waals surface area contributed by atoms with E-state index in [2.05, 4.69) is 10.4 Å². The minimum Gasteiger partial charge on any atom is -0.379 e. The number of aromatic nitrogens is 3. The highest BCUT2D eigenvalue weighted by atomic mass is 32.2. The lowest BCUT2D eigenvalue weighted by atomic mass is 10.0. The summed E-state index contributed by atoms with van der Waals surface area (Å²) in [5.41, 5.74) is 2.48. The van der Waals surface area contributed by atoms with Gasteiger partial charge < -0.3 is 10.1 Å². The number of anilines is 1. The van der Waals surface area contributed by atoms with E-state index in [9.17, 15) is 13.2 Å². The van der Waals surface area contributed by atoms with Crippen molar-refractivity contribution in [3.8, 4) is 0 Å². The number of benzene rings is 1. The van der Waals surface area contributed by atoms with Gasteiger partial charge in [-0.15, -0.1) is 0 Å². The van der Waals surface area contributed by atoms with Crippen LogP contribution in [0.15, 0.2) is 41.4 Å². The van der Waals surface area contributed by atoms with Crippen LogP contribution in [0.4, 0.5) is 5.69 Å². The fourth-order valence-electron chi connectivity index (χ4n) is 3.74. The molecule has 33 heavy (non-hydrogen) atoms. The second-order valence-corrected chi connectivity index (χ2v) is 10.6.